The Morgan fingerprint density at radius 2 is 2.00 bits per heavy atom. The molecule has 4 aliphatic heterocycles. The van der Waals surface area contributed by atoms with Gasteiger partial charge in [0.05, 0.1) is 6.04 Å². The first-order chi connectivity index (χ1) is 13.2. The van der Waals surface area contributed by atoms with Crippen LogP contribution in [0.15, 0.2) is 22.9 Å². The molecule has 0 aromatic rings. The van der Waals surface area contributed by atoms with Gasteiger partial charge in [-0.15, -0.1) is 0 Å². The molecule has 150 valence electrons. The molecule has 0 spiro atoms. The molecule has 0 aromatic heterocycles. The summed E-state index contributed by atoms with van der Waals surface area (Å²) in [5.41, 5.74) is 1.08. The van der Waals surface area contributed by atoms with Gasteiger partial charge in [0.1, 0.15) is 11.7 Å². The van der Waals surface area contributed by atoms with Gasteiger partial charge in [-0.3, -0.25) is 19.3 Å². The zero-order valence-corrected chi connectivity index (χ0v) is 16.3. The summed E-state index contributed by atoms with van der Waals surface area (Å²) >= 11 is 0. The van der Waals surface area contributed by atoms with Gasteiger partial charge in [-0.2, -0.15) is 0 Å². The standard InChI is InChI=1S/C20H25N3O5/c1-10(2)8-21-5-4-12(18(21)25)6-13-7-14-9-22(11(3)24)17-15(14)23(19(17)26)16(13)20(27)28/h6,10,14-15,17H,4-5,7-9H2,1-3H3,(H,27,28)/b12-6+/t14-,15-,17+/m1/s1. The van der Waals surface area contributed by atoms with Gasteiger partial charge < -0.3 is 14.9 Å². The lowest BCUT2D eigenvalue weighted by Gasteiger charge is -2.49. The van der Waals surface area contributed by atoms with Gasteiger partial charge in [-0.25, -0.2) is 4.79 Å². The fourth-order valence-corrected chi connectivity index (χ4v) is 5.05. The normalized spacial score (nSPS) is 30.5. The molecule has 3 saturated heterocycles. The number of nitrogens with zero attached hydrogens (tertiary/aromatic N) is 3. The van der Waals surface area contributed by atoms with Crippen LogP contribution < -0.4 is 0 Å². The van der Waals surface area contributed by atoms with Crippen molar-refractivity contribution in [3.05, 3.63) is 22.9 Å². The maximum absolute atomic E-state index is 12.7. The Balaban J connectivity index is 1.66. The molecule has 1 N–H and O–H groups in total. The topological polar surface area (TPSA) is 98.2 Å². The van der Waals surface area contributed by atoms with E-state index in [1.807, 2.05) is 13.8 Å². The second-order valence-corrected chi connectivity index (χ2v) is 8.52. The van der Waals surface area contributed by atoms with Crippen molar-refractivity contribution in [2.45, 2.75) is 45.7 Å². The lowest BCUT2D eigenvalue weighted by Crippen LogP contribution is -2.69. The van der Waals surface area contributed by atoms with E-state index in [0.29, 0.717) is 49.5 Å². The number of carbonyl (C=O) groups is 4. The highest BCUT2D eigenvalue weighted by molar-refractivity contribution is 6.03. The highest BCUT2D eigenvalue weighted by atomic mass is 16.4. The average Bonchev–Trinajstić information content (AvgIpc) is 3.13. The van der Waals surface area contributed by atoms with Crippen molar-refractivity contribution in [1.82, 2.24) is 14.7 Å². The van der Waals surface area contributed by atoms with Gasteiger partial charge in [0, 0.05) is 38.0 Å². The Bertz CT molecular complexity index is 843. The minimum atomic E-state index is -1.16. The summed E-state index contributed by atoms with van der Waals surface area (Å²) in [6, 6.07) is -0.804. The summed E-state index contributed by atoms with van der Waals surface area (Å²) in [5, 5.41) is 9.77. The smallest absolute Gasteiger partial charge is 0.352 e. The number of carboxylic acids is 1. The predicted octanol–water partition coefficient (Wildman–Crippen LogP) is 0.601. The van der Waals surface area contributed by atoms with E-state index in [0.717, 1.165) is 0 Å². The average molecular weight is 387 g/mol. The van der Waals surface area contributed by atoms with Crippen molar-refractivity contribution in [2.24, 2.45) is 11.8 Å². The number of rotatable bonds is 4. The molecule has 8 heteroatoms. The van der Waals surface area contributed by atoms with Crippen LogP contribution in [0, 0.1) is 11.8 Å². The minimum Gasteiger partial charge on any atom is -0.477 e. The summed E-state index contributed by atoms with van der Waals surface area (Å²) in [6.07, 6.45) is 2.71. The quantitative estimate of drug-likeness (QED) is 0.563. The molecule has 0 radical (unpaired) electrons. The summed E-state index contributed by atoms with van der Waals surface area (Å²) < 4.78 is 0. The SMILES string of the molecule is CC(=O)N1C[C@H]2CC(/C=C3\CCN(CC(C)C)C3=O)=C(C(=O)O)N3C(=O)[C@@H]1[C@@H]23. The lowest BCUT2D eigenvalue weighted by atomic mass is 9.79. The number of hydrogen-bond donors (Lipinski definition) is 1. The maximum atomic E-state index is 12.7. The molecule has 0 bridgehead atoms. The molecule has 0 aromatic carbocycles. The molecule has 0 aliphatic carbocycles. The van der Waals surface area contributed by atoms with Gasteiger partial charge in [-0.05, 0) is 30.4 Å². The van der Waals surface area contributed by atoms with Crippen LogP contribution in [0.5, 0.6) is 0 Å². The molecule has 28 heavy (non-hydrogen) atoms. The third kappa shape index (κ3) is 2.65. The van der Waals surface area contributed by atoms with E-state index in [1.54, 1.807) is 15.9 Å². The number of carbonyl (C=O) groups excluding carboxylic acids is 3. The zero-order valence-electron chi connectivity index (χ0n) is 16.3. The number of carboxylic acid groups (broad SMARTS) is 1. The van der Waals surface area contributed by atoms with E-state index in [-0.39, 0.29) is 35.4 Å². The van der Waals surface area contributed by atoms with Gasteiger partial charge in [-0.1, -0.05) is 13.8 Å². The van der Waals surface area contributed by atoms with Gasteiger partial charge in [0.15, 0.2) is 0 Å². The Morgan fingerprint density at radius 1 is 1.29 bits per heavy atom. The predicted molar refractivity (Wildman–Crippen MR) is 98.7 cm³/mol. The molecule has 3 amide bonds. The van der Waals surface area contributed by atoms with Crippen molar-refractivity contribution in [3.8, 4) is 0 Å². The van der Waals surface area contributed by atoms with Crippen molar-refractivity contribution in [1.29, 1.82) is 0 Å². The number of hydrogen-bond acceptors (Lipinski definition) is 4. The van der Waals surface area contributed by atoms with Crippen LogP contribution in [0.25, 0.3) is 0 Å². The van der Waals surface area contributed by atoms with Crippen LogP contribution >= 0.6 is 0 Å². The number of likely N-dealkylation sites (tertiary alicyclic amines) is 2. The second-order valence-electron chi connectivity index (χ2n) is 8.52. The molecule has 4 aliphatic rings. The van der Waals surface area contributed by atoms with Crippen molar-refractivity contribution >= 4 is 23.7 Å². The van der Waals surface area contributed by atoms with Crippen LogP contribution in [-0.4, -0.2) is 75.2 Å². The largest absolute Gasteiger partial charge is 0.477 e. The van der Waals surface area contributed by atoms with Crippen LogP contribution in [0.3, 0.4) is 0 Å². The highest BCUT2D eigenvalue weighted by Crippen LogP contribution is 2.47. The summed E-state index contributed by atoms with van der Waals surface area (Å²) in [4.78, 5) is 53.8. The first-order valence-electron chi connectivity index (χ1n) is 9.77. The molecule has 0 unspecified atom stereocenters. The van der Waals surface area contributed by atoms with E-state index < -0.39 is 12.0 Å². The number of β-lactam (4-membered cyclic amide) rings is 1. The number of aliphatic carboxylic acids is 1. The summed E-state index contributed by atoms with van der Waals surface area (Å²) in [5.74, 6) is -1.36. The number of allylic oxidation sites excluding steroid dienone is 2. The minimum absolute atomic E-state index is 0.00446. The lowest BCUT2D eigenvalue weighted by molar-refractivity contribution is -0.159. The Hall–Kier alpha value is -2.64. The van der Waals surface area contributed by atoms with E-state index >= 15 is 0 Å². The first-order valence-corrected chi connectivity index (χ1v) is 9.77. The fraction of sp³-hybridized carbons (Fsp3) is 0.600. The number of amides is 3. The zero-order chi connectivity index (χ0) is 20.3. The maximum Gasteiger partial charge on any atom is 0.352 e. The summed E-state index contributed by atoms with van der Waals surface area (Å²) in [7, 11) is 0. The second kappa shape index (κ2) is 6.46. The van der Waals surface area contributed by atoms with E-state index in [9.17, 15) is 24.3 Å². The molecular formula is C20H25N3O5. The molecular weight excluding hydrogens is 362 g/mol. The van der Waals surface area contributed by atoms with Gasteiger partial charge in [0.2, 0.25) is 11.8 Å². The van der Waals surface area contributed by atoms with Crippen molar-refractivity contribution in [3.63, 3.8) is 0 Å². The van der Waals surface area contributed by atoms with Crippen molar-refractivity contribution < 1.29 is 24.3 Å². The van der Waals surface area contributed by atoms with Gasteiger partial charge >= 0.3 is 5.97 Å². The van der Waals surface area contributed by atoms with E-state index in [1.165, 1.54) is 11.8 Å². The van der Waals surface area contributed by atoms with Crippen LogP contribution in [0.1, 0.15) is 33.6 Å². The van der Waals surface area contributed by atoms with E-state index in [4.69, 9.17) is 0 Å². The molecule has 8 nitrogen and oxygen atoms in total. The molecule has 4 rings (SSSR count). The van der Waals surface area contributed by atoms with Crippen LogP contribution in [-0.2, 0) is 19.2 Å². The third-order valence-corrected chi connectivity index (χ3v) is 6.14. The Labute approximate surface area is 163 Å². The Kier molecular flexibility index (Phi) is 4.32. The van der Waals surface area contributed by atoms with Gasteiger partial charge in [0.25, 0.3) is 5.91 Å². The summed E-state index contributed by atoms with van der Waals surface area (Å²) in [6.45, 7) is 7.28. The molecule has 3 fully saturated rings. The first kappa shape index (κ1) is 18.7. The monoisotopic (exact) mass is 387 g/mol. The van der Waals surface area contributed by atoms with E-state index in [2.05, 4.69) is 0 Å². The van der Waals surface area contributed by atoms with Crippen molar-refractivity contribution in [2.75, 3.05) is 19.6 Å². The fourth-order valence-electron chi connectivity index (χ4n) is 5.05. The molecule has 4 heterocycles. The highest BCUT2D eigenvalue weighted by Gasteiger charge is 2.63. The van der Waals surface area contributed by atoms with Crippen LogP contribution in [0.2, 0.25) is 0 Å². The molecule has 3 atom stereocenters. The Morgan fingerprint density at radius 3 is 2.61 bits per heavy atom. The third-order valence-electron chi connectivity index (χ3n) is 6.14. The van der Waals surface area contributed by atoms with Crippen LogP contribution in [0.4, 0.5) is 0 Å². The molecule has 0 saturated carbocycles.